The van der Waals surface area contributed by atoms with Crippen molar-refractivity contribution in [1.82, 2.24) is 9.97 Å². The number of nitrogens with one attached hydrogen (secondary N) is 1. The molecule has 0 spiro atoms. The molecule has 2 aromatic rings. The van der Waals surface area contributed by atoms with Gasteiger partial charge in [0.1, 0.15) is 5.82 Å². The largest absolute Gasteiger partial charge is 0.357 e. The van der Waals surface area contributed by atoms with Crippen molar-refractivity contribution in [2.75, 3.05) is 23.3 Å². The van der Waals surface area contributed by atoms with E-state index in [1.165, 1.54) is 0 Å². The summed E-state index contributed by atoms with van der Waals surface area (Å²) in [4.78, 5) is 22.8. The lowest BCUT2D eigenvalue weighted by Crippen LogP contribution is -2.22. The average Bonchev–Trinajstić information content (AvgIpc) is 2.57. The fourth-order valence-electron chi connectivity index (χ4n) is 2.13. The van der Waals surface area contributed by atoms with Crippen molar-refractivity contribution in [3.05, 3.63) is 47.9 Å². The molecule has 0 aliphatic heterocycles. The first-order chi connectivity index (χ1) is 10.7. The molecule has 0 aliphatic rings. The van der Waals surface area contributed by atoms with Crippen molar-refractivity contribution in [2.24, 2.45) is 5.73 Å². The maximum absolute atomic E-state index is 12.2. The van der Waals surface area contributed by atoms with Gasteiger partial charge in [0.05, 0.1) is 17.6 Å². The topological polar surface area (TPSA) is 84.1 Å². The molecule has 0 saturated carbocycles. The van der Waals surface area contributed by atoms with Crippen molar-refractivity contribution in [3.63, 3.8) is 0 Å². The first-order valence-electron chi connectivity index (χ1n) is 7.35. The Morgan fingerprint density at radius 3 is 2.59 bits per heavy atom. The van der Waals surface area contributed by atoms with Crippen LogP contribution in [0.5, 0.6) is 0 Å². The van der Waals surface area contributed by atoms with Gasteiger partial charge in [0, 0.05) is 31.4 Å². The van der Waals surface area contributed by atoms with E-state index >= 15 is 0 Å². The SMILES string of the molecule is CCN(CC)c1ccc(NC(=O)c2ccnc(CN)c2)cn1. The Hall–Kier alpha value is -2.47. The van der Waals surface area contributed by atoms with E-state index in [2.05, 4.69) is 34.0 Å². The van der Waals surface area contributed by atoms with Gasteiger partial charge in [-0.25, -0.2) is 4.98 Å². The Morgan fingerprint density at radius 2 is 2.00 bits per heavy atom. The van der Waals surface area contributed by atoms with Gasteiger partial charge >= 0.3 is 0 Å². The first kappa shape index (κ1) is 15.9. The van der Waals surface area contributed by atoms with Crippen LogP contribution in [-0.2, 0) is 6.54 Å². The summed E-state index contributed by atoms with van der Waals surface area (Å²) in [5.41, 5.74) is 7.41. The van der Waals surface area contributed by atoms with Gasteiger partial charge in [-0.3, -0.25) is 9.78 Å². The van der Waals surface area contributed by atoms with Gasteiger partial charge in [-0.1, -0.05) is 0 Å². The van der Waals surface area contributed by atoms with E-state index in [4.69, 9.17) is 5.73 Å². The molecule has 6 nitrogen and oxygen atoms in total. The highest BCUT2D eigenvalue weighted by Crippen LogP contribution is 2.15. The Bertz CT molecular complexity index is 623. The molecule has 2 rings (SSSR count). The van der Waals surface area contributed by atoms with Crippen LogP contribution >= 0.6 is 0 Å². The van der Waals surface area contributed by atoms with E-state index in [1.54, 1.807) is 24.5 Å². The molecule has 0 atom stereocenters. The van der Waals surface area contributed by atoms with Gasteiger partial charge < -0.3 is 16.0 Å². The summed E-state index contributed by atoms with van der Waals surface area (Å²) in [5.74, 6) is 0.701. The van der Waals surface area contributed by atoms with Crippen LogP contribution in [0.25, 0.3) is 0 Å². The maximum Gasteiger partial charge on any atom is 0.255 e. The molecule has 0 bridgehead atoms. The highest BCUT2D eigenvalue weighted by Gasteiger charge is 2.08. The minimum atomic E-state index is -0.200. The van der Waals surface area contributed by atoms with Gasteiger partial charge in [-0.15, -0.1) is 0 Å². The standard InChI is InChI=1S/C16H21N5O/c1-3-21(4-2)15-6-5-13(11-19-15)20-16(22)12-7-8-18-14(9-12)10-17/h5-9,11H,3-4,10,17H2,1-2H3,(H,20,22). The number of amides is 1. The van der Waals surface area contributed by atoms with Crippen molar-refractivity contribution in [2.45, 2.75) is 20.4 Å². The molecule has 3 N–H and O–H groups in total. The van der Waals surface area contributed by atoms with Crippen LogP contribution in [0.3, 0.4) is 0 Å². The van der Waals surface area contributed by atoms with E-state index < -0.39 is 0 Å². The zero-order valence-corrected chi connectivity index (χ0v) is 12.9. The van der Waals surface area contributed by atoms with E-state index in [0.717, 1.165) is 18.9 Å². The lowest BCUT2D eigenvalue weighted by atomic mass is 10.2. The number of carbonyl (C=O) groups is 1. The molecule has 0 saturated heterocycles. The van der Waals surface area contributed by atoms with Crippen molar-refractivity contribution < 1.29 is 4.79 Å². The molecular weight excluding hydrogens is 278 g/mol. The summed E-state index contributed by atoms with van der Waals surface area (Å²) in [6, 6.07) is 7.10. The fourth-order valence-corrected chi connectivity index (χ4v) is 2.13. The predicted molar refractivity (Wildman–Crippen MR) is 87.9 cm³/mol. The van der Waals surface area contributed by atoms with E-state index in [-0.39, 0.29) is 5.91 Å². The van der Waals surface area contributed by atoms with Crippen LogP contribution in [0, 0.1) is 0 Å². The fraction of sp³-hybridized carbons (Fsp3) is 0.312. The van der Waals surface area contributed by atoms with Gasteiger partial charge in [0.2, 0.25) is 0 Å². The van der Waals surface area contributed by atoms with Crippen LogP contribution in [-0.4, -0.2) is 29.0 Å². The molecule has 1 amide bonds. The summed E-state index contributed by atoms with van der Waals surface area (Å²) in [7, 11) is 0. The number of anilines is 2. The van der Waals surface area contributed by atoms with E-state index in [1.807, 2.05) is 12.1 Å². The smallest absolute Gasteiger partial charge is 0.255 e. The maximum atomic E-state index is 12.2. The van der Waals surface area contributed by atoms with Crippen molar-refractivity contribution in [3.8, 4) is 0 Å². The molecule has 0 aliphatic carbocycles. The van der Waals surface area contributed by atoms with Crippen molar-refractivity contribution in [1.29, 1.82) is 0 Å². The number of hydrogen-bond acceptors (Lipinski definition) is 5. The number of pyridine rings is 2. The molecule has 0 aromatic carbocycles. The van der Waals surface area contributed by atoms with Crippen molar-refractivity contribution >= 4 is 17.4 Å². The highest BCUT2D eigenvalue weighted by atomic mass is 16.1. The second kappa shape index (κ2) is 7.51. The second-order valence-corrected chi connectivity index (χ2v) is 4.77. The Kier molecular flexibility index (Phi) is 5.43. The van der Waals surface area contributed by atoms with Gasteiger partial charge in [0.25, 0.3) is 5.91 Å². The minimum absolute atomic E-state index is 0.200. The summed E-state index contributed by atoms with van der Waals surface area (Å²) in [5, 5.41) is 2.82. The molecule has 116 valence electrons. The molecule has 0 radical (unpaired) electrons. The molecular formula is C16H21N5O. The molecule has 6 heteroatoms. The van der Waals surface area contributed by atoms with Crippen LogP contribution in [0.15, 0.2) is 36.7 Å². The Balaban J connectivity index is 2.08. The van der Waals surface area contributed by atoms with Crippen LogP contribution in [0.2, 0.25) is 0 Å². The Labute approximate surface area is 130 Å². The molecule has 0 fully saturated rings. The quantitative estimate of drug-likeness (QED) is 0.852. The molecule has 0 unspecified atom stereocenters. The van der Waals surface area contributed by atoms with Gasteiger partial charge in [0.15, 0.2) is 0 Å². The summed E-state index contributed by atoms with van der Waals surface area (Å²) in [6.45, 7) is 6.27. The second-order valence-electron chi connectivity index (χ2n) is 4.77. The highest BCUT2D eigenvalue weighted by molar-refractivity contribution is 6.04. The molecule has 2 aromatic heterocycles. The zero-order valence-electron chi connectivity index (χ0n) is 12.9. The van der Waals surface area contributed by atoms with E-state index in [0.29, 0.717) is 23.5 Å². The van der Waals surface area contributed by atoms with Crippen LogP contribution in [0.4, 0.5) is 11.5 Å². The lowest BCUT2D eigenvalue weighted by molar-refractivity contribution is 0.102. The summed E-state index contributed by atoms with van der Waals surface area (Å²) < 4.78 is 0. The molecule has 2 heterocycles. The number of hydrogen-bond donors (Lipinski definition) is 2. The monoisotopic (exact) mass is 299 g/mol. The number of nitrogens with zero attached hydrogens (tertiary/aromatic N) is 3. The van der Waals surface area contributed by atoms with Crippen LogP contribution < -0.4 is 16.0 Å². The third-order valence-corrected chi connectivity index (χ3v) is 3.38. The zero-order chi connectivity index (χ0) is 15.9. The summed E-state index contributed by atoms with van der Waals surface area (Å²) in [6.07, 6.45) is 3.25. The number of carbonyl (C=O) groups excluding carboxylic acids is 1. The van der Waals surface area contributed by atoms with Gasteiger partial charge in [-0.2, -0.15) is 0 Å². The van der Waals surface area contributed by atoms with Crippen LogP contribution in [0.1, 0.15) is 29.9 Å². The van der Waals surface area contributed by atoms with E-state index in [9.17, 15) is 4.79 Å². The third-order valence-electron chi connectivity index (χ3n) is 3.38. The number of aromatic nitrogens is 2. The third kappa shape index (κ3) is 3.79. The predicted octanol–water partition coefficient (Wildman–Crippen LogP) is 2.03. The normalized spacial score (nSPS) is 10.3. The first-order valence-corrected chi connectivity index (χ1v) is 7.35. The minimum Gasteiger partial charge on any atom is -0.357 e. The average molecular weight is 299 g/mol. The number of nitrogens with two attached hydrogens (primary N) is 1. The van der Waals surface area contributed by atoms with Gasteiger partial charge in [-0.05, 0) is 38.1 Å². The number of rotatable bonds is 6. The summed E-state index contributed by atoms with van der Waals surface area (Å²) >= 11 is 0. The Morgan fingerprint density at radius 1 is 1.23 bits per heavy atom. The molecule has 22 heavy (non-hydrogen) atoms. The lowest BCUT2D eigenvalue weighted by Gasteiger charge is -2.19.